The third kappa shape index (κ3) is 7.51. The fraction of sp³-hybridized carbons (Fsp3) is 0.250. The summed E-state index contributed by atoms with van der Waals surface area (Å²) in [6.07, 6.45) is 2.54. The number of carbonyl (C=O) groups is 1. The molecule has 1 aromatic heterocycles. The molecule has 0 spiro atoms. The molecule has 0 atom stereocenters. The summed E-state index contributed by atoms with van der Waals surface area (Å²) in [7, 11) is 1.73. The van der Waals surface area contributed by atoms with E-state index in [-0.39, 0.29) is 21.7 Å². The zero-order valence-electron chi connectivity index (χ0n) is 22.9. The number of carbonyl (C=O) groups excluding carboxylic acids is 1. The molecule has 12 heteroatoms. The van der Waals surface area contributed by atoms with Gasteiger partial charge in [-0.2, -0.15) is 4.98 Å². The molecule has 3 N–H and O–H groups in total. The van der Waals surface area contributed by atoms with E-state index in [1.165, 1.54) is 19.4 Å². The number of nitrogens with zero attached hydrogens (tertiary/aromatic N) is 3. The summed E-state index contributed by atoms with van der Waals surface area (Å²) in [4.78, 5) is 22.9. The van der Waals surface area contributed by atoms with Crippen LogP contribution in [0, 0.1) is 11.8 Å². The summed E-state index contributed by atoms with van der Waals surface area (Å²) in [5, 5.41) is 8.42. The Morgan fingerprint density at radius 1 is 1.18 bits per heavy atom. The van der Waals surface area contributed by atoms with Gasteiger partial charge in [0.1, 0.15) is 10.8 Å². The first kappa shape index (κ1) is 30.4. The fourth-order valence-corrected chi connectivity index (χ4v) is 4.70. The maximum Gasteiger partial charge on any atom is 0.247 e. The quantitative estimate of drug-likeness (QED) is 0.227. The summed E-state index contributed by atoms with van der Waals surface area (Å²) < 4.78 is 31.3. The predicted octanol–water partition coefficient (Wildman–Crippen LogP) is 4.85. The predicted molar refractivity (Wildman–Crippen MR) is 160 cm³/mol. The lowest BCUT2D eigenvalue weighted by molar-refractivity contribution is -0.111. The summed E-state index contributed by atoms with van der Waals surface area (Å²) in [5.74, 6) is 6.45. The molecule has 0 saturated carbocycles. The van der Waals surface area contributed by atoms with Gasteiger partial charge in [0.25, 0.3) is 0 Å². The van der Waals surface area contributed by atoms with Gasteiger partial charge in [0.05, 0.1) is 52.6 Å². The molecule has 1 heterocycles. The number of halogens is 1. The molecule has 0 saturated heterocycles. The highest BCUT2D eigenvalue weighted by Crippen LogP contribution is 2.34. The van der Waals surface area contributed by atoms with Crippen LogP contribution in [0.15, 0.2) is 60.1 Å². The summed E-state index contributed by atoms with van der Waals surface area (Å²) >= 11 is 6.36. The maximum absolute atomic E-state index is 12.9. The SMILES string of the molecule is C=CC(=O)Nc1cc(Nc2ncc(Cl)c(Nc3ccccc3S(=O)(=O)C(C)C)n2)c(OC)cc1C#CCN(C)C. The third-order valence-electron chi connectivity index (χ3n) is 5.46. The number of para-hydroxylation sites is 1. The molecule has 210 valence electrons. The number of methoxy groups -OCH3 is 1. The van der Waals surface area contributed by atoms with E-state index >= 15 is 0 Å². The molecule has 1 amide bonds. The van der Waals surface area contributed by atoms with Crippen LogP contribution in [-0.4, -0.2) is 62.2 Å². The number of hydrogen-bond acceptors (Lipinski definition) is 9. The standard InChI is InChI=1S/C28H31ClN6O4S/c1-7-26(36)31-22-16-23(24(39-6)15-19(22)11-10-14-35(4)5)33-28-30-17-20(29)27(34-28)32-21-12-8-9-13-25(21)40(37,38)18(2)3/h7-9,12-13,15-18H,1,14H2,2-6H3,(H,31,36)(H2,30,32,33,34). The summed E-state index contributed by atoms with van der Waals surface area (Å²) in [6.45, 7) is 7.26. The lowest BCUT2D eigenvalue weighted by atomic mass is 10.1. The Labute approximate surface area is 239 Å². The fourth-order valence-electron chi connectivity index (χ4n) is 3.36. The van der Waals surface area contributed by atoms with Gasteiger partial charge in [-0.1, -0.05) is 42.2 Å². The van der Waals surface area contributed by atoms with Gasteiger partial charge in [0.15, 0.2) is 15.7 Å². The van der Waals surface area contributed by atoms with Crippen LogP contribution in [0.1, 0.15) is 19.4 Å². The van der Waals surface area contributed by atoms with E-state index in [0.29, 0.717) is 34.9 Å². The van der Waals surface area contributed by atoms with Crippen LogP contribution < -0.4 is 20.7 Å². The van der Waals surface area contributed by atoms with Gasteiger partial charge in [-0.3, -0.25) is 9.69 Å². The minimum absolute atomic E-state index is 0.129. The molecule has 40 heavy (non-hydrogen) atoms. The van der Waals surface area contributed by atoms with Crippen LogP contribution in [0.3, 0.4) is 0 Å². The van der Waals surface area contributed by atoms with Crippen molar-refractivity contribution in [3.8, 4) is 17.6 Å². The Bertz CT molecular complexity index is 1580. The van der Waals surface area contributed by atoms with Crippen molar-refractivity contribution in [2.45, 2.75) is 24.0 Å². The van der Waals surface area contributed by atoms with Crippen LogP contribution in [0.4, 0.5) is 28.8 Å². The van der Waals surface area contributed by atoms with Crippen molar-refractivity contribution >= 4 is 56.2 Å². The lowest BCUT2D eigenvalue weighted by Crippen LogP contribution is -2.15. The molecule has 3 aromatic rings. The number of anilines is 5. The maximum atomic E-state index is 12.9. The molecule has 0 unspecified atom stereocenters. The average molecular weight is 583 g/mol. The minimum atomic E-state index is -3.58. The van der Waals surface area contributed by atoms with Crippen LogP contribution in [0.2, 0.25) is 5.02 Å². The van der Waals surface area contributed by atoms with E-state index in [2.05, 4.69) is 44.3 Å². The molecule has 2 aromatic carbocycles. The summed E-state index contributed by atoms with van der Waals surface area (Å²) in [6, 6.07) is 9.86. The molecule has 0 aliphatic heterocycles. The van der Waals surface area contributed by atoms with E-state index < -0.39 is 21.0 Å². The molecular weight excluding hydrogens is 552 g/mol. The highest BCUT2D eigenvalue weighted by molar-refractivity contribution is 7.92. The second-order valence-corrected chi connectivity index (χ2v) is 11.9. The number of aromatic nitrogens is 2. The van der Waals surface area contributed by atoms with Crippen molar-refractivity contribution < 1.29 is 17.9 Å². The van der Waals surface area contributed by atoms with Crippen LogP contribution in [0.5, 0.6) is 5.75 Å². The van der Waals surface area contributed by atoms with Gasteiger partial charge < -0.3 is 20.7 Å². The van der Waals surface area contributed by atoms with E-state index in [4.69, 9.17) is 16.3 Å². The number of nitrogens with one attached hydrogen (secondary N) is 3. The summed E-state index contributed by atoms with van der Waals surface area (Å²) in [5.41, 5.74) is 1.74. The van der Waals surface area contributed by atoms with Crippen molar-refractivity contribution in [3.63, 3.8) is 0 Å². The molecule has 0 radical (unpaired) electrons. The largest absolute Gasteiger partial charge is 0.495 e. The molecule has 10 nitrogen and oxygen atoms in total. The first-order valence-electron chi connectivity index (χ1n) is 12.1. The number of benzene rings is 2. The Morgan fingerprint density at radius 2 is 1.90 bits per heavy atom. The molecule has 0 fully saturated rings. The lowest BCUT2D eigenvalue weighted by Gasteiger charge is -2.16. The molecule has 0 aliphatic rings. The molecular formula is C28H31ClN6O4S. The Hall–Kier alpha value is -4.11. The number of sulfone groups is 1. The van der Waals surface area contributed by atoms with Crippen molar-refractivity contribution in [2.24, 2.45) is 0 Å². The number of rotatable bonds is 10. The Balaban J connectivity index is 2.01. The van der Waals surface area contributed by atoms with Crippen molar-refractivity contribution in [2.75, 3.05) is 43.7 Å². The first-order valence-corrected chi connectivity index (χ1v) is 14.1. The highest BCUT2D eigenvalue weighted by atomic mass is 35.5. The zero-order chi connectivity index (χ0) is 29.4. The van der Waals surface area contributed by atoms with Gasteiger partial charge in [-0.25, -0.2) is 13.4 Å². The normalized spacial score (nSPS) is 11.0. The minimum Gasteiger partial charge on any atom is -0.495 e. The topological polar surface area (TPSA) is 126 Å². The average Bonchev–Trinajstić information content (AvgIpc) is 2.91. The number of amides is 1. The number of hydrogen-bond donors (Lipinski definition) is 3. The molecule has 0 bridgehead atoms. The third-order valence-corrected chi connectivity index (χ3v) is 7.95. The smallest absolute Gasteiger partial charge is 0.247 e. The second-order valence-electron chi connectivity index (χ2n) is 9.06. The molecule has 0 aliphatic carbocycles. The number of ether oxygens (including phenoxy) is 1. The van der Waals surface area contributed by atoms with Crippen molar-refractivity contribution in [1.29, 1.82) is 0 Å². The Morgan fingerprint density at radius 3 is 2.55 bits per heavy atom. The Kier molecular flexibility index (Phi) is 10.1. The monoisotopic (exact) mass is 582 g/mol. The zero-order valence-corrected chi connectivity index (χ0v) is 24.4. The van der Waals surface area contributed by atoms with Gasteiger partial charge in [-0.05, 0) is 52.2 Å². The van der Waals surface area contributed by atoms with E-state index in [9.17, 15) is 13.2 Å². The van der Waals surface area contributed by atoms with Gasteiger partial charge >= 0.3 is 0 Å². The van der Waals surface area contributed by atoms with Crippen LogP contribution in [0.25, 0.3) is 0 Å². The molecule has 3 rings (SSSR count). The second kappa shape index (κ2) is 13.3. The van der Waals surface area contributed by atoms with Gasteiger partial charge in [0.2, 0.25) is 11.9 Å². The van der Waals surface area contributed by atoms with Crippen LogP contribution in [-0.2, 0) is 14.6 Å². The van der Waals surface area contributed by atoms with Crippen molar-refractivity contribution in [1.82, 2.24) is 14.9 Å². The van der Waals surface area contributed by atoms with E-state index in [1.54, 1.807) is 44.2 Å². The van der Waals surface area contributed by atoms with E-state index in [1.807, 2.05) is 19.0 Å². The first-order chi connectivity index (χ1) is 19.0. The van der Waals surface area contributed by atoms with Gasteiger partial charge in [-0.15, -0.1) is 0 Å². The van der Waals surface area contributed by atoms with Gasteiger partial charge in [0, 0.05) is 6.07 Å². The van der Waals surface area contributed by atoms with E-state index in [0.717, 1.165) is 6.08 Å². The van der Waals surface area contributed by atoms with Crippen LogP contribution >= 0.6 is 11.6 Å². The highest BCUT2D eigenvalue weighted by Gasteiger charge is 2.23. The van der Waals surface area contributed by atoms with Crippen molar-refractivity contribution in [3.05, 3.63) is 65.8 Å².